The van der Waals surface area contributed by atoms with Gasteiger partial charge in [-0.25, -0.2) is 8.42 Å². The largest absolute Gasteiger partial charge is 0.487 e. The lowest BCUT2D eigenvalue weighted by atomic mass is 10.2. The molecule has 1 aromatic rings. The fourth-order valence-electron chi connectivity index (χ4n) is 1.30. The van der Waals surface area contributed by atoms with E-state index in [1.165, 1.54) is 12.1 Å². The summed E-state index contributed by atoms with van der Waals surface area (Å²) in [6.45, 7) is 0.253. The van der Waals surface area contributed by atoms with Crippen LogP contribution in [0.25, 0.3) is 0 Å². The summed E-state index contributed by atoms with van der Waals surface area (Å²) in [6, 6.07) is 3.85. The molecule has 0 aliphatic rings. The van der Waals surface area contributed by atoms with E-state index in [0.29, 0.717) is 12.3 Å². The van der Waals surface area contributed by atoms with Gasteiger partial charge in [0.1, 0.15) is 0 Å². The SMILES string of the molecule is CS(=O)(=O)Nc1ccc(OCCCCl)c([N+](=O)[O-])c1. The van der Waals surface area contributed by atoms with E-state index in [2.05, 4.69) is 4.72 Å². The summed E-state index contributed by atoms with van der Waals surface area (Å²) in [7, 11) is -3.48. The minimum atomic E-state index is -3.48. The van der Waals surface area contributed by atoms with E-state index >= 15 is 0 Å². The third-order valence-electron chi connectivity index (χ3n) is 1.99. The molecule has 0 saturated carbocycles. The van der Waals surface area contributed by atoms with Crippen molar-refractivity contribution in [2.45, 2.75) is 6.42 Å². The Kier molecular flexibility index (Phi) is 5.37. The van der Waals surface area contributed by atoms with Crippen LogP contribution in [0.3, 0.4) is 0 Å². The second-order valence-electron chi connectivity index (χ2n) is 3.70. The summed E-state index contributed by atoms with van der Waals surface area (Å²) < 4.78 is 29.5. The number of nitro groups is 1. The fourth-order valence-corrected chi connectivity index (χ4v) is 1.96. The maximum Gasteiger partial charge on any atom is 0.313 e. The zero-order valence-electron chi connectivity index (χ0n) is 10.1. The van der Waals surface area contributed by atoms with Crippen molar-refractivity contribution in [3.63, 3.8) is 0 Å². The average Bonchev–Trinajstić information content (AvgIpc) is 2.28. The molecule has 1 rings (SSSR count). The Morgan fingerprint density at radius 3 is 2.68 bits per heavy atom. The highest BCUT2D eigenvalue weighted by atomic mass is 35.5. The van der Waals surface area contributed by atoms with Crippen molar-refractivity contribution < 1.29 is 18.1 Å². The predicted octanol–water partition coefficient (Wildman–Crippen LogP) is 1.97. The number of benzene rings is 1. The zero-order valence-corrected chi connectivity index (χ0v) is 11.7. The third kappa shape index (κ3) is 5.31. The van der Waals surface area contributed by atoms with Crippen LogP contribution in [0.15, 0.2) is 18.2 Å². The van der Waals surface area contributed by atoms with E-state index in [4.69, 9.17) is 16.3 Å². The van der Waals surface area contributed by atoms with Crippen LogP contribution in [-0.2, 0) is 10.0 Å². The maximum atomic E-state index is 11.1. The molecule has 0 fully saturated rings. The van der Waals surface area contributed by atoms with E-state index < -0.39 is 14.9 Å². The molecular formula is C10H13ClN2O5S. The second-order valence-corrected chi connectivity index (χ2v) is 5.83. The summed E-state index contributed by atoms with van der Waals surface area (Å²) >= 11 is 5.48. The molecule has 0 radical (unpaired) electrons. The molecule has 0 amide bonds. The Balaban J connectivity index is 2.98. The van der Waals surface area contributed by atoms with Crippen molar-refractivity contribution in [3.8, 4) is 5.75 Å². The highest BCUT2D eigenvalue weighted by Gasteiger charge is 2.17. The van der Waals surface area contributed by atoms with E-state index in [9.17, 15) is 18.5 Å². The van der Waals surface area contributed by atoms with Crippen LogP contribution in [-0.4, -0.2) is 32.1 Å². The number of sulfonamides is 1. The van der Waals surface area contributed by atoms with Gasteiger partial charge in [-0.2, -0.15) is 0 Å². The van der Waals surface area contributed by atoms with Gasteiger partial charge in [0.15, 0.2) is 5.75 Å². The van der Waals surface area contributed by atoms with Crippen LogP contribution >= 0.6 is 11.6 Å². The van der Waals surface area contributed by atoms with Gasteiger partial charge in [-0.15, -0.1) is 11.6 Å². The number of halogens is 1. The van der Waals surface area contributed by atoms with Crippen molar-refractivity contribution in [1.82, 2.24) is 0 Å². The first-order valence-electron chi connectivity index (χ1n) is 5.28. The summed E-state index contributed by atoms with van der Waals surface area (Å²) in [6.07, 6.45) is 1.52. The number of nitro benzene ring substituents is 1. The molecule has 7 nitrogen and oxygen atoms in total. The highest BCUT2D eigenvalue weighted by molar-refractivity contribution is 7.92. The Hall–Kier alpha value is -1.54. The van der Waals surface area contributed by atoms with Crippen molar-refractivity contribution in [2.24, 2.45) is 0 Å². The van der Waals surface area contributed by atoms with E-state index in [1.807, 2.05) is 0 Å². The first-order valence-corrected chi connectivity index (χ1v) is 7.71. The van der Waals surface area contributed by atoms with Gasteiger partial charge in [-0.3, -0.25) is 14.8 Å². The summed E-state index contributed by atoms with van der Waals surface area (Å²) in [5.74, 6) is 0.468. The first kappa shape index (κ1) is 15.5. The number of nitrogens with one attached hydrogen (secondary N) is 1. The molecule has 9 heteroatoms. The molecule has 106 valence electrons. The first-order chi connectivity index (χ1) is 8.83. The minimum Gasteiger partial charge on any atom is -0.487 e. The van der Waals surface area contributed by atoms with Crippen LogP contribution in [0, 0.1) is 10.1 Å². The summed E-state index contributed by atoms with van der Waals surface area (Å²) in [5.41, 5.74) is -0.192. The Bertz CT molecular complexity index is 561. The second kappa shape index (κ2) is 6.58. The topological polar surface area (TPSA) is 98.5 Å². The number of hydrogen-bond acceptors (Lipinski definition) is 5. The van der Waals surface area contributed by atoms with Gasteiger partial charge in [-0.05, 0) is 18.6 Å². The molecule has 0 aromatic heterocycles. The Labute approximate surface area is 115 Å². The lowest BCUT2D eigenvalue weighted by Gasteiger charge is -2.08. The fraction of sp³-hybridized carbons (Fsp3) is 0.400. The average molecular weight is 309 g/mol. The molecular weight excluding hydrogens is 296 g/mol. The number of hydrogen-bond donors (Lipinski definition) is 1. The molecule has 0 saturated heterocycles. The molecule has 1 aromatic carbocycles. The zero-order chi connectivity index (χ0) is 14.5. The van der Waals surface area contributed by atoms with E-state index in [0.717, 1.165) is 12.3 Å². The Morgan fingerprint density at radius 2 is 2.16 bits per heavy atom. The quantitative estimate of drug-likeness (QED) is 0.359. The van der Waals surface area contributed by atoms with E-state index in [1.54, 1.807) is 0 Å². The Morgan fingerprint density at radius 1 is 1.47 bits per heavy atom. The molecule has 0 bridgehead atoms. The van der Waals surface area contributed by atoms with Gasteiger partial charge < -0.3 is 4.74 Å². The van der Waals surface area contributed by atoms with Crippen LogP contribution < -0.4 is 9.46 Å². The van der Waals surface area contributed by atoms with Gasteiger partial charge in [0.25, 0.3) is 0 Å². The smallest absolute Gasteiger partial charge is 0.313 e. The molecule has 19 heavy (non-hydrogen) atoms. The standard InChI is InChI=1S/C10H13ClN2O5S/c1-19(16,17)12-8-3-4-10(18-6-2-5-11)9(7-8)13(14)15/h3-4,7,12H,2,5-6H2,1H3. The monoisotopic (exact) mass is 308 g/mol. The minimum absolute atomic E-state index is 0.0779. The van der Waals surface area contributed by atoms with Crippen molar-refractivity contribution in [1.29, 1.82) is 0 Å². The van der Waals surface area contributed by atoms with Crippen molar-refractivity contribution in [2.75, 3.05) is 23.5 Å². The van der Waals surface area contributed by atoms with Gasteiger partial charge in [-0.1, -0.05) is 0 Å². The van der Waals surface area contributed by atoms with E-state index in [-0.39, 0.29) is 23.7 Å². The van der Waals surface area contributed by atoms with Crippen LogP contribution in [0.5, 0.6) is 5.75 Å². The molecule has 0 aliphatic carbocycles. The molecule has 0 aliphatic heterocycles. The lowest BCUT2D eigenvalue weighted by molar-refractivity contribution is -0.385. The van der Waals surface area contributed by atoms with Crippen LogP contribution in [0.4, 0.5) is 11.4 Å². The molecule has 0 unspecified atom stereocenters. The lowest BCUT2D eigenvalue weighted by Crippen LogP contribution is -2.10. The number of ether oxygens (including phenoxy) is 1. The highest BCUT2D eigenvalue weighted by Crippen LogP contribution is 2.30. The van der Waals surface area contributed by atoms with Crippen molar-refractivity contribution in [3.05, 3.63) is 28.3 Å². The summed E-state index contributed by atoms with van der Waals surface area (Å²) in [5, 5.41) is 10.9. The molecule has 0 spiro atoms. The number of alkyl halides is 1. The molecule has 0 atom stereocenters. The number of nitrogens with zero attached hydrogens (tertiary/aromatic N) is 1. The molecule has 0 heterocycles. The predicted molar refractivity (Wildman–Crippen MR) is 72.4 cm³/mol. The maximum absolute atomic E-state index is 11.1. The molecule has 1 N–H and O–H groups in total. The third-order valence-corrected chi connectivity index (χ3v) is 2.87. The summed E-state index contributed by atoms with van der Waals surface area (Å²) in [4.78, 5) is 10.3. The number of rotatable bonds is 7. The van der Waals surface area contributed by atoms with Crippen molar-refractivity contribution >= 4 is 33.0 Å². The normalized spacial score (nSPS) is 11.1. The number of anilines is 1. The van der Waals surface area contributed by atoms with Gasteiger partial charge >= 0.3 is 5.69 Å². The van der Waals surface area contributed by atoms with Gasteiger partial charge in [0, 0.05) is 11.9 Å². The van der Waals surface area contributed by atoms with Gasteiger partial charge in [0.05, 0.1) is 23.5 Å². The van der Waals surface area contributed by atoms with Crippen LogP contribution in [0.2, 0.25) is 0 Å². The van der Waals surface area contributed by atoms with Gasteiger partial charge in [0.2, 0.25) is 10.0 Å². The van der Waals surface area contributed by atoms with Crippen LogP contribution in [0.1, 0.15) is 6.42 Å².